The van der Waals surface area contributed by atoms with Crippen LogP contribution in [0.1, 0.15) is 25.7 Å². The molecular weight excluding hydrogens is 192 g/mol. The highest BCUT2D eigenvalue weighted by molar-refractivity contribution is 4.86. The van der Waals surface area contributed by atoms with Crippen molar-refractivity contribution in [3.8, 4) is 6.07 Å². The maximum Gasteiger partial charge on any atom is 0.106 e. The second kappa shape index (κ2) is 6.78. The summed E-state index contributed by atoms with van der Waals surface area (Å²) in [5, 5.41) is 11.7. The van der Waals surface area contributed by atoms with Crippen molar-refractivity contribution >= 4 is 0 Å². The highest BCUT2D eigenvalue weighted by Gasteiger charge is 2.34. The van der Waals surface area contributed by atoms with Gasteiger partial charge < -0.3 is 14.8 Å². The van der Waals surface area contributed by atoms with Gasteiger partial charge >= 0.3 is 0 Å². The van der Waals surface area contributed by atoms with Crippen molar-refractivity contribution in [3.05, 3.63) is 0 Å². The average molecular weight is 212 g/mol. The molecule has 0 aromatic heterocycles. The van der Waals surface area contributed by atoms with Crippen LogP contribution in [-0.2, 0) is 9.47 Å². The van der Waals surface area contributed by atoms with Gasteiger partial charge in [0.1, 0.15) is 5.60 Å². The first-order valence-electron chi connectivity index (χ1n) is 5.53. The SMILES string of the molecule is COC1(CNCCCCC#N)CCOC1. The van der Waals surface area contributed by atoms with E-state index < -0.39 is 0 Å². The highest BCUT2D eigenvalue weighted by Crippen LogP contribution is 2.21. The fourth-order valence-corrected chi connectivity index (χ4v) is 1.73. The third-order valence-corrected chi connectivity index (χ3v) is 2.84. The lowest BCUT2D eigenvalue weighted by Gasteiger charge is -2.25. The molecule has 1 aliphatic rings. The topological polar surface area (TPSA) is 54.3 Å². The van der Waals surface area contributed by atoms with Crippen LogP contribution in [0.4, 0.5) is 0 Å². The zero-order valence-corrected chi connectivity index (χ0v) is 9.42. The minimum atomic E-state index is -0.116. The zero-order chi connectivity index (χ0) is 11.0. The molecule has 0 saturated carbocycles. The van der Waals surface area contributed by atoms with Gasteiger partial charge in [-0.15, -0.1) is 0 Å². The van der Waals surface area contributed by atoms with E-state index in [-0.39, 0.29) is 5.60 Å². The lowest BCUT2D eigenvalue weighted by molar-refractivity contribution is -0.0156. The van der Waals surface area contributed by atoms with Gasteiger partial charge in [0.2, 0.25) is 0 Å². The minimum absolute atomic E-state index is 0.116. The summed E-state index contributed by atoms with van der Waals surface area (Å²) in [6.07, 6.45) is 3.64. The molecule has 1 heterocycles. The Hall–Kier alpha value is -0.630. The Morgan fingerprint density at radius 1 is 1.53 bits per heavy atom. The lowest BCUT2D eigenvalue weighted by Crippen LogP contribution is -2.43. The number of hydrogen-bond donors (Lipinski definition) is 1. The van der Waals surface area contributed by atoms with Gasteiger partial charge in [0.05, 0.1) is 12.7 Å². The first kappa shape index (κ1) is 12.4. The number of hydrogen-bond acceptors (Lipinski definition) is 4. The molecule has 1 rings (SSSR count). The molecule has 1 unspecified atom stereocenters. The Bertz CT molecular complexity index is 207. The summed E-state index contributed by atoms with van der Waals surface area (Å²) in [7, 11) is 1.74. The van der Waals surface area contributed by atoms with Crippen molar-refractivity contribution in [2.24, 2.45) is 0 Å². The van der Waals surface area contributed by atoms with Crippen LogP contribution in [0.5, 0.6) is 0 Å². The molecule has 86 valence electrons. The van der Waals surface area contributed by atoms with Crippen molar-refractivity contribution < 1.29 is 9.47 Å². The van der Waals surface area contributed by atoms with E-state index in [9.17, 15) is 0 Å². The molecule has 0 aromatic rings. The van der Waals surface area contributed by atoms with Gasteiger partial charge in [-0.2, -0.15) is 5.26 Å². The van der Waals surface area contributed by atoms with Crippen LogP contribution in [0, 0.1) is 11.3 Å². The van der Waals surface area contributed by atoms with Crippen molar-refractivity contribution in [3.63, 3.8) is 0 Å². The predicted molar refractivity (Wildman–Crippen MR) is 57.5 cm³/mol. The van der Waals surface area contributed by atoms with Crippen LogP contribution >= 0.6 is 0 Å². The van der Waals surface area contributed by atoms with E-state index in [1.54, 1.807) is 7.11 Å². The third-order valence-electron chi connectivity index (χ3n) is 2.84. The number of nitrogens with zero attached hydrogens (tertiary/aromatic N) is 1. The van der Waals surface area contributed by atoms with E-state index >= 15 is 0 Å². The predicted octanol–water partition coefficient (Wildman–Crippen LogP) is 1.08. The lowest BCUT2D eigenvalue weighted by atomic mass is 10.0. The molecule has 1 fully saturated rings. The molecule has 1 saturated heterocycles. The number of nitriles is 1. The summed E-state index contributed by atoms with van der Waals surface area (Å²) in [6.45, 7) is 3.28. The number of rotatable bonds is 7. The zero-order valence-electron chi connectivity index (χ0n) is 9.42. The molecule has 1 aliphatic heterocycles. The fourth-order valence-electron chi connectivity index (χ4n) is 1.73. The molecule has 4 heteroatoms. The second-order valence-electron chi connectivity index (χ2n) is 3.98. The van der Waals surface area contributed by atoms with Crippen LogP contribution in [0.25, 0.3) is 0 Å². The van der Waals surface area contributed by atoms with E-state index in [4.69, 9.17) is 14.7 Å². The second-order valence-corrected chi connectivity index (χ2v) is 3.98. The Labute approximate surface area is 91.6 Å². The van der Waals surface area contributed by atoms with Crippen molar-refractivity contribution in [1.29, 1.82) is 5.26 Å². The van der Waals surface area contributed by atoms with E-state index in [0.717, 1.165) is 39.0 Å². The molecule has 0 spiro atoms. The van der Waals surface area contributed by atoms with E-state index in [1.165, 1.54) is 0 Å². The normalized spacial score (nSPS) is 25.3. The monoisotopic (exact) mass is 212 g/mol. The summed E-state index contributed by atoms with van der Waals surface area (Å²) in [5.74, 6) is 0. The molecular formula is C11H20N2O2. The van der Waals surface area contributed by atoms with E-state index in [1.807, 2.05) is 0 Å². The van der Waals surface area contributed by atoms with Gasteiger partial charge in [0.25, 0.3) is 0 Å². The number of unbranched alkanes of at least 4 members (excludes halogenated alkanes) is 2. The summed E-state index contributed by atoms with van der Waals surface area (Å²) in [6, 6.07) is 2.15. The molecule has 0 radical (unpaired) electrons. The first-order chi connectivity index (χ1) is 7.33. The number of nitrogens with one attached hydrogen (secondary N) is 1. The Kier molecular flexibility index (Phi) is 5.62. The average Bonchev–Trinajstić information content (AvgIpc) is 2.73. The smallest absolute Gasteiger partial charge is 0.106 e. The quantitative estimate of drug-likeness (QED) is 0.641. The van der Waals surface area contributed by atoms with Crippen molar-refractivity contribution in [2.75, 3.05) is 33.4 Å². The molecule has 0 amide bonds. The standard InChI is InChI=1S/C11H20N2O2/c1-14-11(5-8-15-10-11)9-13-7-4-2-3-6-12/h13H,2-5,7-10H2,1H3. The van der Waals surface area contributed by atoms with Crippen LogP contribution in [-0.4, -0.2) is 39.0 Å². The molecule has 0 aromatic carbocycles. The van der Waals surface area contributed by atoms with Crippen LogP contribution in [0.2, 0.25) is 0 Å². The van der Waals surface area contributed by atoms with E-state index in [2.05, 4.69) is 11.4 Å². The van der Waals surface area contributed by atoms with Crippen LogP contribution < -0.4 is 5.32 Å². The first-order valence-corrected chi connectivity index (χ1v) is 5.53. The van der Waals surface area contributed by atoms with Gasteiger partial charge in [-0.25, -0.2) is 0 Å². The summed E-state index contributed by atoms with van der Waals surface area (Å²) in [4.78, 5) is 0. The molecule has 1 atom stereocenters. The Morgan fingerprint density at radius 2 is 2.40 bits per heavy atom. The molecule has 15 heavy (non-hydrogen) atoms. The van der Waals surface area contributed by atoms with Crippen molar-refractivity contribution in [2.45, 2.75) is 31.3 Å². The molecule has 0 bridgehead atoms. The molecule has 0 aliphatic carbocycles. The third kappa shape index (κ3) is 4.17. The minimum Gasteiger partial charge on any atom is -0.378 e. The van der Waals surface area contributed by atoms with Gasteiger partial charge in [0, 0.05) is 33.1 Å². The van der Waals surface area contributed by atoms with Crippen LogP contribution in [0.3, 0.4) is 0 Å². The summed E-state index contributed by atoms with van der Waals surface area (Å²) in [5.41, 5.74) is -0.116. The maximum absolute atomic E-state index is 8.37. The molecule has 1 N–H and O–H groups in total. The maximum atomic E-state index is 8.37. The van der Waals surface area contributed by atoms with Gasteiger partial charge in [-0.05, 0) is 19.4 Å². The van der Waals surface area contributed by atoms with E-state index in [0.29, 0.717) is 13.0 Å². The summed E-state index contributed by atoms with van der Waals surface area (Å²) < 4.78 is 10.8. The number of methoxy groups -OCH3 is 1. The van der Waals surface area contributed by atoms with Crippen LogP contribution in [0.15, 0.2) is 0 Å². The summed E-state index contributed by atoms with van der Waals surface area (Å²) >= 11 is 0. The highest BCUT2D eigenvalue weighted by atomic mass is 16.5. The molecule has 4 nitrogen and oxygen atoms in total. The van der Waals surface area contributed by atoms with Gasteiger partial charge in [-0.3, -0.25) is 0 Å². The van der Waals surface area contributed by atoms with Gasteiger partial charge in [-0.1, -0.05) is 0 Å². The Morgan fingerprint density at radius 3 is 3.00 bits per heavy atom. The van der Waals surface area contributed by atoms with Gasteiger partial charge in [0.15, 0.2) is 0 Å². The Balaban J connectivity index is 2.05. The number of ether oxygens (including phenoxy) is 2. The van der Waals surface area contributed by atoms with Crippen molar-refractivity contribution in [1.82, 2.24) is 5.32 Å². The fraction of sp³-hybridized carbons (Fsp3) is 0.909. The largest absolute Gasteiger partial charge is 0.378 e.